The number of nitrogens with one attached hydrogen (secondary N) is 1. The van der Waals surface area contributed by atoms with Crippen LogP contribution >= 0.6 is 0 Å². The van der Waals surface area contributed by atoms with Crippen molar-refractivity contribution in [2.24, 2.45) is 15.9 Å². The van der Waals surface area contributed by atoms with Gasteiger partial charge in [-0.05, 0) is 38.2 Å². The predicted octanol–water partition coefficient (Wildman–Crippen LogP) is 4.65. The Morgan fingerprint density at radius 2 is 1.93 bits per heavy atom. The van der Waals surface area contributed by atoms with Gasteiger partial charge in [-0.3, -0.25) is 5.32 Å². The van der Waals surface area contributed by atoms with E-state index < -0.39 is 0 Å². The van der Waals surface area contributed by atoms with Gasteiger partial charge in [-0.1, -0.05) is 50.3 Å². The van der Waals surface area contributed by atoms with E-state index in [1.165, 1.54) is 38.5 Å². The minimum absolute atomic E-state index is 0.0538. The quantitative estimate of drug-likeness (QED) is 0.818. The summed E-state index contributed by atoms with van der Waals surface area (Å²) in [5, 5.41) is 3.04. The summed E-state index contributed by atoms with van der Waals surface area (Å²) in [5.41, 5.74) is 1.18. The van der Waals surface area contributed by atoms with Crippen LogP contribution in [0.1, 0.15) is 69.0 Å². The fourth-order valence-electron chi connectivity index (χ4n) is 4.40. The lowest BCUT2D eigenvalue weighted by Crippen LogP contribution is -2.31. The average molecular weight is 387 g/mol. The highest BCUT2D eigenvalue weighted by atomic mass is 19.1. The van der Waals surface area contributed by atoms with Gasteiger partial charge in [-0.15, -0.1) is 0 Å². The van der Waals surface area contributed by atoms with E-state index in [0.717, 1.165) is 12.3 Å². The average Bonchev–Trinajstić information content (AvgIpc) is 3.30. The molecule has 0 aromatic heterocycles. The van der Waals surface area contributed by atoms with E-state index in [-0.39, 0.29) is 24.0 Å². The number of nitrogens with zero attached hydrogens (tertiary/aromatic N) is 2. The summed E-state index contributed by atoms with van der Waals surface area (Å²) >= 11 is 0. The number of rotatable bonds is 4. The summed E-state index contributed by atoms with van der Waals surface area (Å²) in [4.78, 5) is 9.17. The smallest absolute Gasteiger partial charge is 0.293 e. The molecule has 0 bridgehead atoms. The molecule has 0 saturated heterocycles. The third kappa shape index (κ3) is 4.31. The second-order valence-corrected chi connectivity index (χ2v) is 8.27. The molecule has 1 aliphatic carbocycles. The van der Waals surface area contributed by atoms with Crippen LogP contribution in [0.3, 0.4) is 0 Å². The zero-order chi connectivity index (χ0) is 19.5. The van der Waals surface area contributed by atoms with Gasteiger partial charge in [-0.25, -0.2) is 14.4 Å². The van der Waals surface area contributed by atoms with Crippen LogP contribution in [0.2, 0.25) is 0 Å². The summed E-state index contributed by atoms with van der Waals surface area (Å²) in [6.45, 7) is 4.13. The first-order valence-corrected chi connectivity index (χ1v) is 10.6. The lowest BCUT2D eigenvalue weighted by atomic mass is 9.85. The molecule has 5 nitrogen and oxygen atoms in total. The molecule has 152 valence electrons. The second kappa shape index (κ2) is 8.50. The number of hydrogen-bond acceptors (Lipinski definition) is 5. The summed E-state index contributed by atoms with van der Waals surface area (Å²) in [6.07, 6.45) is 9.19. The van der Waals surface area contributed by atoms with Crippen LogP contribution in [0, 0.1) is 18.7 Å². The van der Waals surface area contributed by atoms with Gasteiger partial charge >= 0.3 is 0 Å². The van der Waals surface area contributed by atoms with Gasteiger partial charge in [0.2, 0.25) is 0 Å². The van der Waals surface area contributed by atoms with E-state index >= 15 is 0 Å². The monoisotopic (exact) mass is 387 g/mol. The number of benzene rings is 1. The van der Waals surface area contributed by atoms with Crippen molar-refractivity contribution in [3.8, 4) is 0 Å². The zero-order valence-electron chi connectivity index (χ0n) is 16.8. The normalized spacial score (nSPS) is 27.8. The maximum absolute atomic E-state index is 14.3. The van der Waals surface area contributed by atoms with Crippen LogP contribution in [-0.2, 0) is 9.47 Å². The summed E-state index contributed by atoms with van der Waals surface area (Å²) in [6, 6.07) is 6.01. The molecule has 28 heavy (non-hydrogen) atoms. The minimum atomic E-state index is -0.344. The first-order valence-electron chi connectivity index (χ1n) is 10.6. The molecular formula is C22H30FN3O2. The summed E-state index contributed by atoms with van der Waals surface area (Å²) in [7, 11) is 0. The Bertz CT molecular complexity index is 758. The van der Waals surface area contributed by atoms with Crippen molar-refractivity contribution in [1.82, 2.24) is 5.32 Å². The Kier molecular flexibility index (Phi) is 5.83. The molecule has 1 fully saturated rings. The van der Waals surface area contributed by atoms with Crippen LogP contribution in [0.25, 0.3) is 0 Å². The van der Waals surface area contributed by atoms with Gasteiger partial charge in [0.15, 0.2) is 0 Å². The molecule has 2 heterocycles. The SMILES string of the molecule is Cc1cccc(C2COC(NC3=NC(CCC4CCCCC4)C(C)O3)=N2)c1F. The minimum Gasteiger partial charge on any atom is -0.462 e. The van der Waals surface area contributed by atoms with Gasteiger partial charge in [0.1, 0.15) is 24.6 Å². The largest absolute Gasteiger partial charge is 0.462 e. The molecule has 1 aromatic carbocycles. The maximum Gasteiger partial charge on any atom is 0.293 e. The molecule has 1 aromatic rings. The van der Waals surface area contributed by atoms with Crippen LogP contribution in [-0.4, -0.2) is 30.8 Å². The zero-order valence-corrected chi connectivity index (χ0v) is 16.8. The van der Waals surface area contributed by atoms with Gasteiger partial charge < -0.3 is 9.47 Å². The molecule has 3 aliphatic rings. The molecule has 2 aliphatic heterocycles. The van der Waals surface area contributed by atoms with E-state index in [2.05, 4.69) is 17.2 Å². The van der Waals surface area contributed by atoms with Gasteiger partial charge in [0, 0.05) is 5.56 Å². The molecule has 3 atom stereocenters. The Morgan fingerprint density at radius 3 is 2.75 bits per heavy atom. The van der Waals surface area contributed by atoms with Gasteiger partial charge in [0.25, 0.3) is 12.0 Å². The number of amidine groups is 2. The number of ether oxygens (including phenoxy) is 2. The van der Waals surface area contributed by atoms with Crippen molar-refractivity contribution in [1.29, 1.82) is 0 Å². The van der Waals surface area contributed by atoms with Crippen LogP contribution in [0.5, 0.6) is 0 Å². The molecule has 6 heteroatoms. The Morgan fingerprint density at radius 1 is 1.11 bits per heavy atom. The van der Waals surface area contributed by atoms with Crippen LogP contribution in [0.4, 0.5) is 4.39 Å². The van der Waals surface area contributed by atoms with Crippen molar-refractivity contribution >= 4 is 12.0 Å². The summed E-state index contributed by atoms with van der Waals surface area (Å²) < 4.78 is 25.8. The highest BCUT2D eigenvalue weighted by Gasteiger charge is 2.31. The lowest BCUT2D eigenvalue weighted by molar-refractivity contribution is 0.193. The second-order valence-electron chi connectivity index (χ2n) is 8.27. The molecule has 3 unspecified atom stereocenters. The molecule has 1 N–H and O–H groups in total. The third-order valence-electron chi connectivity index (χ3n) is 6.16. The third-order valence-corrected chi connectivity index (χ3v) is 6.16. The number of hydrogen-bond donors (Lipinski definition) is 1. The van der Waals surface area contributed by atoms with Crippen LogP contribution < -0.4 is 5.32 Å². The topological polar surface area (TPSA) is 55.2 Å². The number of halogens is 1. The maximum atomic E-state index is 14.3. The predicted molar refractivity (Wildman–Crippen MR) is 108 cm³/mol. The molecule has 4 rings (SSSR count). The van der Waals surface area contributed by atoms with E-state index in [1.54, 1.807) is 19.1 Å². The highest BCUT2D eigenvalue weighted by molar-refractivity contribution is 5.94. The van der Waals surface area contributed by atoms with Crippen molar-refractivity contribution in [2.75, 3.05) is 6.61 Å². The first-order chi connectivity index (χ1) is 13.6. The van der Waals surface area contributed by atoms with Crippen molar-refractivity contribution in [3.63, 3.8) is 0 Å². The highest BCUT2D eigenvalue weighted by Crippen LogP contribution is 2.30. The Hall–Kier alpha value is -2.11. The number of aliphatic imine (C=N–C) groups is 2. The molecule has 0 spiro atoms. The standard InChI is InChI=1S/C22H30FN3O2/c1-14-7-6-10-17(20(14)23)19-13-27-21(25-19)26-22-24-18(15(2)28-22)12-11-16-8-4-3-5-9-16/h6-7,10,15-16,18-19H,3-5,8-9,11-13H2,1-2H3,(H,24,25,26). The Labute approximate surface area is 166 Å². The van der Waals surface area contributed by atoms with Gasteiger partial charge in [-0.2, -0.15) is 0 Å². The summed E-state index contributed by atoms with van der Waals surface area (Å²) in [5.74, 6) is 0.632. The molecule has 0 amide bonds. The van der Waals surface area contributed by atoms with E-state index in [1.807, 2.05) is 6.07 Å². The number of aryl methyl sites for hydroxylation is 1. The van der Waals surface area contributed by atoms with Crippen molar-refractivity contribution in [3.05, 3.63) is 35.1 Å². The van der Waals surface area contributed by atoms with Crippen LogP contribution in [0.15, 0.2) is 28.2 Å². The Balaban J connectivity index is 1.34. The lowest BCUT2D eigenvalue weighted by Gasteiger charge is -2.22. The van der Waals surface area contributed by atoms with Crippen molar-refractivity contribution in [2.45, 2.75) is 77.0 Å². The molecule has 1 saturated carbocycles. The fourth-order valence-corrected chi connectivity index (χ4v) is 4.40. The van der Waals surface area contributed by atoms with Gasteiger partial charge in [0.05, 0.1) is 6.04 Å². The fraction of sp³-hybridized carbons (Fsp3) is 0.636. The van der Waals surface area contributed by atoms with E-state index in [4.69, 9.17) is 14.5 Å². The first kappa shape index (κ1) is 19.2. The van der Waals surface area contributed by atoms with E-state index in [0.29, 0.717) is 29.8 Å². The molecular weight excluding hydrogens is 357 g/mol. The van der Waals surface area contributed by atoms with E-state index in [9.17, 15) is 4.39 Å². The van der Waals surface area contributed by atoms with Crippen molar-refractivity contribution < 1.29 is 13.9 Å². The molecule has 0 radical (unpaired) electrons.